The van der Waals surface area contributed by atoms with E-state index in [1.54, 1.807) is 0 Å². The molecule has 2 atom stereocenters. The molecule has 1 aliphatic heterocycles. The Morgan fingerprint density at radius 1 is 1.29 bits per heavy atom. The van der Waals surface area contributed by atoms with Crippen LogP contribution in [-0.2, 0) is 4.79 Å². The number of hydrogen-bond acceptors (Lipinski definition) is 2. The van der Waals surface area contributed by atoms with Crippen molar-refractivity contribution in [3.05, 3.63) is 0 Å². The van der Waals surface area contributed by atoms with Crippen LogP contribution in [0.15, 0.2) is 0 Å². The van der Waals surface area contributed by atoms with Crippen molar-refractivity contribution in [2.75, 3.05) is 0 Å². The molecule has 2 unspecified atom stereocenters. The second kappa shape index (κ2) is 5.53. The summed E-state index contributed by atoms with van der Waals surface area (Å²) in [6.07, 6.45) is 4.52. The highest BCUT2D eigenvalue weighted by Crippen LogP contribution is 2.33. The molecule has 1 aliphatic rings. The van der Waals surface area contributed by atoms with E-state index in [-0.39, 0.29) is 18.0 Å². The van der Waals surface area contributed by atoms with E-state index in [9.17, 15) is 10.1 Å². The second-order valence-electron chi connectivity index (χ2n) is 5.24. The molecule has 0 bridgehead atoms. The first-order chi connectivity index (χ1) is 8.02. The highest BCUT2D eigenvalue weighted by Gasteiger charge is 2.42. The molecular formula is C14H24N2O. The summed E-state index contributed by atoms with van der Waals surface area (Å²) in [5.41, 5.74) is -0.806. The molecule has 0 aromatic carbocycles. The fourth-order valence-corrected chi connectivity index (χ4v) is 2.83. The van der Waals surface area contributed by atoms with Crippen molar-refractivity contribution in [1.82, 2.24) is 4.90 Å². The van der Waals surface area contributed by atoms with Gasteiger partial charge in [-0.2, -0.15) is 5.26 Å². The largest absolute Gasteiger partial charge is 0.336 e. The minimum atomic E-state index is -0.806. The molecule has 0 aromatic heterocycles. The van der Waals surface area contributed by atoms with Gasteiger partial charge < -0.3 is 4.90 Å². The number of hydrogen-bond donors (Lipinski definition) is 0. The monoisotopic (exact) mass is 236 g/mol. The van der Waals surface area contributed by atoms with Crippen LogP contribution in [-0.4, -0.2) is 22.9 Å². The Labute approximate surface area is 105 Å². The zero-order valence-electron chi connectivity index (χ0n) is 11.5. The minimum Gasteiger partial charge on any atom is -0.336 e. The number of carbonyl (C=O) groups excluding carboxylic acids is 1. The lowest BCUT2D eigenvalue weighted by Crippen LogP contribution is -2.53. The van der Waals surface area contributed by atoms with Gasteiger partial charge in [-0.15, -0.1) is 0 Å². The van der Waals surface area contributed by atoms with Gasteiger partial charge in [0.15, 0.2) is 0 Å². The van der Waals surface area contributed by atoms with E-state index in [4.69, 9.17) is 0 Å². The zero-order chi connectivity index (χ0) is 13.1. The maximum absolute atomic E-state index is 12.6. The van der Waals surface area contributed by atoms with Gasteiger partial charge >= 0.3 is 0 Å². The number of amides is 1. The standard InChI is InChI=1S/C14H24N2O/c1-5-14(6-2,10-15)13(17)16-11(3)8-7-9-12(16)4/h11-12H,5-9H2,1-4H3. The molecule has 1 saturated heterocycles. The van der Waals surface area contributed by atoms with E-state index >= 15 is 0 Å². The van der Waals surface area contributed by atoms with E-state index in [0.717, 1.165) is 12.8 Å². The maximum atomic E-state index is 12.6. The number of rotatable bonds is 3. The highest BCUT2D eigenvalue weighted by atomic mass is 16.2. The van der Waals surface area contributed by atoms with Crippen molar-refractivity contribution in [1.29, 1.82) is 5.26 Å². The number of nitriles is 1. The van der Waals surface area contributed by atoms with Crippen molar-refractivity contribution in [2.24, 2.45) is 5.41 Å². The summed E-state index contributed by atoms with van der Waals surface area (Å²) in [4.78, 5) is 14.6. The molecule has 17 heavy (non-hydrogen) atoms. The number of piperidine rings is 1. The molecule has 0 radical (unpaired) electrons. The van der Waals surface area contributed by atoms with Crippen LogP contribution >= 0.6 is 0 Å². The van der Waals surface area contributed by atoms with Gasteiger partial charge in [0, 0.05) is 12.1 Å². The minimum absolute atomic E-state index is 0.0460. The van der Waals surface area contributed by atoms with Crippen LogP contribution in [0.4, 0.5) is 0 Å². The summed E-state index contributed by atoms with van der Waals surface area (Å²) in [5, 5.41) is 9.35. The number of likely N-dealkylation sites (tertiary alicyclic amines) is 1. The topological polar surface area (TPSA) is 44.1 Å². The van der Waals surface area contributed by atoms with Crippen molar-refractivity contribution in [2.45, 2.75) is 71.9 Å². The lowest BCUT2D eigenvalue weighted by atomic mass is 9.80. The number of carbonyl (C=O) groups is 1. The molecule has 0 saturated carbocycles. The van der Waals surface area contributed by atoms with Crippen LogP contribution in [0.2, 0.25) is 0 Å². The molecule has 3 heteroatoms. The van der Waals surface area contributed by atoms with E-state index in [1.807, 2.05) is 18.7 Å². The molecule has 1 rings (SSSR count). The third-order valence-electron chi connectivity index (χ3n) is 4.26. The zero-order valence-corrected chi connectivity index (χ0v) is 11.5. The van der Waals surface area contributed by atoms with Crippen molar-refractivity contribution >= 4 is 5.91 Å². The van der Waals surface area contributed by atoms with Crippen LogP contribution in [0.1, 0.15) is 59.8 Å². The van der Waals surface area contributed by atoms with Crippen molar-refractivity contribution < 1.29 is 4.79 Å². The van der Waals surface area contributed by atoms with E-state index in [2.05, 4.69) is 19.9 Å². The summed E-state index contributed by atoms with van der Waals surface area (Å²) >= 11 is 0. The lowest BCUT2D eigenvalue weighted by molar-refractivity contribution is -0.145. The average Bonchev–Trinajstić information content (AvgIpc) is 2.32. The van der Waals surface area contributed by atoms with Crippen LogP contribution in [0.3, 0.4) is 0 Å². The Hall–Kier alpha value is -1.04. The van der Waals surface area contributed by atoms with Crippen LogP contribution in [0.5, 0.6) is 0 Å². The molecule has 1 fully saturated rings. The van der Waals surface area contributed by atoms with Gasteiger partial charge in [0.2, 0.25) is 5.91 Å². The first-order valence-electron chi connectivity index (χ1n) is 6.76. The Kier molecular flexibility index (Phi) is 4.56. The normalized spacial score (nSPS) is 25.5. The summed E-state index contributed by atoms with van der Waals surface area (Å²) < 4.78 is 0. The maximum Gasteiger partial charge on any atom is 0.243 e. The number of nitrogens with zero attached hydrogens (tertiary/aromatic N) is 2. The quantitative estimate of drug-likeness (QED) is 0.755. The fraction of sp³-hybridized carbons (Fsp3) is 0.857. The third kappa shape index (κ3) is 2.46. The van der Waals surface area contributed by atoms with E-state index in [1.165, 1.54) is 6.42 Å². The molecule has 1 amide bonds. The van der Waals surface area contributed by atoms with Crippen LogP contribution in [0.25, 0.3) is 0 Å². The lowest BCUT2D eigenvalue weighted by Gasteiger charge is -2.42. The van der Waals surface area contributed by atoms with Gasteiger partial charge in [0.1, 0.15) is 5.41 Å². The molecule has 3 nitrogen and oxygen atoms in total. The van der Waals surface area contributed by atoms with Crippen molar-refractivity contribution in [3.63, 3.8) is 0 Å². The molecule has 0 aliphatic carbocycles. The van der Waals surface area contributed by atoms with Crippen LogP contribution < -0.4 is 0 Å². The fourth-order valence-electron chi connectivity index (χ4n) is 2.83. The van der Waals surface area contributed by atoms with Crippen LogP contribution in [0, 0.1) is 16.7 Å². The van der Waals surface area contributed by atoms with E-state index < -0.39 is 5.41 Å². The molecule has 96 valence electrons. The predicted molar refractivity (Wildman–Crippen MR) is 68.2 cm³/mol. The van der Waals surface area contributed by atoms with Gasteiger partial charge in [-0.05, 0) is 46.0 Å². The smallest absolute Gasteiger partial charge is 0.243 e. The summed E-state index contributed by atoms with van der Waals surface area (Å²) in [6, 6.07) is 2.81. The highest BCUT2D eigenvalue weighted by molar-refractivity contribution is 5.86. The van der Waals surface area contributed by atoms with Gasteiger partial charge in [0.05, 0.1) is 6.07 Å². The third-order valence-corrected chi connectivity index (χ3v) is 4.26. The Bertz CT molecular complexity index is 305. The Morgan fingerprint density at radius 3 is 2.12 bits per heavy atom. The molecule has 1 heterocycles. The SMILES string of the molecule is CCC(C#N)(CC)C(=O)N1C(C)CCCC1C. The second-order valence-corrected chi connectivity index (χ2v) is 5.24. The summed E-state index contributed by atoms with van der Waals surface area (Å²) in [5.74, 6) is 0.0460. The molecular weight excluding hydrogens is 212 g/mol. The summed E-state index contributed by atoms with van der Waals surface area (Å²) in [7, 11) is 0. The summed E-state index contributed by atoms with van der Waals surface area (Å²) in [6.45, 7) is 8.07. The van der Waals surface area contributed by atoms with Crippen molar-refractivity contribution in [3.8, 4) is 6.07 Å². The molecule has 0 aromatic rings. The molecule has 0 N–H and O–H groups in total. The molecule has 0 spiro atoms. The van der Waals surface area contributed by atoms with Gasteiger partial charge in [0.25, 0.3) is 0 Å². The average molecular weight is 236 g/mol. The predicted octanol–water partition coefficient (Wildman–Crippen LogP) is 3.11. The Morgan fingerprint density at radius 2 is 1.76 bits per heavy atom. The first kappa shape index (κ1) is 14.0. The van der Waals surface area contributed by atoms with E-state index in [0.29, 0.717) is 12.8 Å². The first-order valence-corrected chi connectivity index (χ1v) is 6.76. The van der Waals surface area contributed by atoms with Gasteiger partial charge in [-0.25, -0.2) is 0 Å². The Balaban J connectivity index is 2.97. The van der Waals surface area contributed by atoms with Gasteiger partial charge in [-0.3, -0.25) is 4.79 Å². The van der Waals surface area contributed by atoms with Gasteiger partial charge in [-0.1, -0.05) is 13.8 Å².